The predicted octanol–water partition coefficient (Wildman–Crippen LogP) is 0.665. The molecular weight excluding hydrogens is 344 g/mol. The lowest BCUT2D eigenvalue weighted by Gasteiger charge is -2.36. The van der Waals surface area contributed by atoms with Gasteiger partial charge < -0.3 is 16.0 Å². The first-order valence-corrected chi connectivity index (χ1v) is 9.75. The van der Waals surface area contributed by atoms with Gasteiger partial charge in [-0.25, -0.2) is 0 Å². The Balaban J connectivity index is 1.42. The molecule has 0 radical (unpaired) electrons. The number of hydrogen-bond acceptors (Lipinski definition) is 5. The van der Waals surface area contributed by atoms with Gasteiger partial charge >= 0.3 is 0 Å². The highest BCUT2D eigenvalue weighted by Gasteiger charge is 2.40. The Morgan fingerprint density at radius 3 is 2.78 bits per heavy atom. The third kappa shape index (κ3) is 3.49. The second kappa shape index (κ2) is 7.40. The maximum absolute atomic E-state index is 13.0. The number of piperidine rings is 1. The Morgan fingerprint density at radius 1 is 1.22 bits per heavy atom. The summed E-state index contributed by atoms with van der Waals surface area (Å²) in [7, 11) is 0. The summed E-state index contributed by atoms with van der Waals surface area (Å²) in [5.74, 6) is -0.0172. The molecule has 7 nitrogen and oxygen atoms in total. The first kappa shape index (κ1) is 18.1. The maximum Gasteiger partial charge on any atom is 0.255 e. The van der Waals surface area contributed by atoms with Gasteiger partial charge in [0, 0.05) is 31.1 Å². The second-order valence-corrected chi connectivity index (χ2v) is 7.84. The Labute approximate surface area is 158 Å². The van der Waals surface area contributed by atoms with E-state index in [1.807, 2.05) is 18.2 Å². The Morgan fingerprint density at radius 2 is 2.04 bits per heavy atom. The zero-order valence-electron chi connectivity index (χ0n) is 15.4. The largest absolute Gasteiger partial charge is 0.330 e. The monoisotopic (exact) mass is 370 g/mol. The number of nitrogens with one attached hydrogen (secondary N) is 2. The van der Waals surface area contributed by atoms with Crippen LogP contribution in [0.25, 0.3) is 0 Å². The van der Waals surface area contributed by atoms with Crippen LogP contribution in [0, 0.1) is 5.92 Å². The molecule has 1 aromatic rings. The lowest BCUT2D eigenvalue weighted by molar-refractivity contribution is -0.136. The zero-order valence-corrected chi connectivity index (χ0v) is 15.4. The van der Waals surface area contributed by atoms with Crippen molar-refractivity contribution in [1.29, 1.82) is 0 Å². The lowest BCUT2D eigenvalue weighted by atomic mass is 9.78. The van der Waals surface area contributed by atoms with Crippen LogP contribution in [0.4, 0.5) is 0 Å². The second-order valence-electron chi connectivity index (χ2n) is 7.84. The fourth-order valence-corrected chi connectivity index (χ4v) is 4.47. The first-order chi connectivity index (χ1) is 13.1. The minimum Gasteiger partial charge on any atom is -0.330 e. The first-order valence-electron chi connectivity index (χ1n) is 9.75. The molecule has 4 rings (SSSR count). The fourth-order valence-electron chi connectivity index (χ4n) is 4.47. The van der Waals surface area contributed by atoms with E-state index in [0.29, 0.717) is 31.1 Å². The standard InChI is InChI=1S/C20H26N4O3/c21-7-6-12-8-15(9-12)22-10-13-2-1-3-14-11-24(20(27)18(13)14)16-4-5-17(25)23-19(16)26/h1-3,12,15-16,22H,4-11,21H2,(H,23,25,26). The third-order valence-corrected chi connectivity index (χ3v) is 6.03. The number of rotatable bonds is 6. The molecule has 7 heteroatoms. The van der Waals surface area contributed by atoms with Crippen LogP contribution in [0.1, 0.15) is 53.6 Å². The summed E-state index contributed by atoms with van der Waals surface area (Å²) in [5.41, 5.74) is 8.26. The summed E-state index contributed by atoms with van der Waals surface area (Å²) < 4.78 is 0. The van der Waals surface area contributed by atoms with Gasteiger partial charge in [-0.05, 0) is 49.3 Å². The summed E-state index contributed by atoms with van der Waals surface area (Å²) >= 11 is 0. The van der Waals surface area contributed by atoms with Gasteiger partial charge in [-0.2, -0.15) is 0 Å². The van der Waals surface area contributed by atoms with Gasteiger partial charge in [0.25, 0.3) is 5.91 Å². The van der Waals surface area contributed by atoms with Crippen LogP contribution in [-0.4, -0.2) is 41.2 Å². The van der Waals surface area contributed by atoms with Crippen LogP contribution >= 0.6 is 0 Å². The van der Waals surface area contributed by atoms with Crippen molar-refractivity contribution in [1.82, 2.24) is 15.5 Å². The molecule has 1 saturated carbocycles. The number of carbonyl (C=O) groups excluding carboxylic acids is 3. The maximum atomic E-state index is 13.0. The van der Waals surface area contributed by atoms with Crippen LogP contribution in [0.3, 0.4) is 0 Å². The minimum atomic E-state index is -0.563. The number of carbonyl (C=O) groups is 3. The van der Waals surface area contributed by atoms with Crippen molar-refractivity contribution in [3.63, 3.8) is 0 Å². The number of fused-ring (bicyclic) bond motifs is 1. The molecule has 144 valence electrons. The molecule has 1 aliphatic carbocycles. The summed E-state index contributed by atoms with van der Waals surface area (Å²) in [6, 6.07) is 5.82. The number of nitrogens with zero attached hydrogens (tertiary/aromatic N) is 1. The molecule has 3 aliphatic rings. The van der Waals surface area contributed by atoms with Crippen molar-refractivity contribution in [2.45, 2.75) is 57.3 Å². The molecule has 27 heavy (non-hydrogen) atoms. The minimum absolute atomic E-state index is 0.105. The smallest absolute Gasteiger partial charge is 0.255 e. The van der Waals surface area contributed by atoms with E-state index < -0.39 is 6.04 Å². The van der Waals surface area contributed by atoms with Gasteiger partial charge in [-0.15, -0.1) is 0 Å². The van der Waals surface area contributed by atoms with E-state index in [0.717, 1.165) is 42.9 Å². The van der Waals surface area contributed by atoms with E-state index in [1.54, 1.807) is 4.90 Å². The number of benzene rings is 1. The van der Waals surface area contributed by atoms with Crippen molar-refractivity contribution in [2.24, 2.45) is 11.7 Å². The molecule has 0 aromatic heterocycles. The fraction of sp³-hybridized carbons (Fsp3) is 0.550. The molecule has 4 N–H and O–H groups in total. The molecule has 2 fully saturated rings. The number of amides is 3. The molecule has 0 spiro atoms. The Kier molecular flexibility index (Phi) is 4.97. The molecule has 2 heterocycles. The lowest BCUT2D eigenvalue weighted by Crippen LogP contribution is -2.52. The molecule has 0 bridgehead atoms. The number of nitrogens with two attached hydrogens (primary N) is 1. The van der Waals surface area contributed by atoms with Gasteiger partial charge in [0.05, 0.1) is 0 Å². The van der Waals surface area contributed by atoms with Gasteiger partial charge in [0.15, 0.2) is 0 Å². The van der Waals surface area contributed by atoms with Gasteiger partial charge in [-0.3, -0.25) is 19.7 Å². The quantitative estimate of drug-likeness (QED) is 0.638. The van der Waals surface area contributed by atoms with Crippen molar-refractivity contribution in [2.75, 3.05) is 6.54 Å². The molecule has 1 atom stereocenters. The van der Waals surface area contributed by atoms with Crippen LogP contribution in [0.5, 0.6) is 0 Å². The van der Waals surface area contributed by atoms with Crippen molar-refractivity contribution in [3.8, 4) is 0 Å². The van der Waals surface area contributed by atoms with E-state index in [-0.39, 0.29) is 24.1 Å². The highest BCUT2D eigenvalue weighted by atomic mass is 16.2. The average Bonchev–Trinajstić information content (AvgIpc) is 2.94. The average molecular weight is 370 g/mol. The van der Waals surface area contributed by atoms with Gasteiger partial charge in [-0.1, -0.05) is 18.2 Å². The highest BCUT2D eigenvalue weighted by molar-refractivity contribution is 6.05. The van der Waals surface area contributed by atoms with Crippen LogP contribution in [0.2, 0.25) is 0 Å². The predicted molar refractivity (Wildman–Crippen MR) is 99.5 cm³/mol. The van der Waals surface area contributed by atoms with Crippen LogP contribution in [0.15, 0.2) is 18.2 Å². The zero-order chi connectivity index (χ0) is 19.0. The van der Waals surface area contributed by atoms with E-state index in [2.05, 4.69) is 10.6 Å². The molecule has 1 saturated heterocycles. The molecule has 2 aliphatic heterocycles. The summed E-state index contributed by atoms with van der Waals surface area (Å²) in [5, 5.41) is 5.89. The van der Waals surface area contributed by atoms with Crippen molar-refractivity contribution < 1.29 is 14.4 Å². The Bertz CT molecular complexity index is 772. The summed E-state index contributed by atoms with van der Waals surface area (Å²) in [6.45, 7) is 1.82. The van der Waals surface area contributed by atoms with E-state index in [4.69, 9.17) is 5.73 Å². The number of imide groups is 1. The topological polar surface area (TPSA) is 105 Å². The number of hydrogen-bond donors (Lipinski definition) is 3. The van der Waals surface area contributed by atoms with Crippen molar-refractivity contribution in [3.05, 3.63) is 34.9 Å². The molecule has 1 aromatic carbocycles. The molecular formula is C20H26N4O3. The Hall–Kier alpha value is -2.25. The summed E-state index contributed by atoms with van der Waals surface area (Å²) in [6.07, 6.45) is 4.03. The summed E-state index contributed by atoms with van der Waals surface area (Å²) in [4.78, 5) is 38.2. The molecule has 3 amide bonds. The van der Waals surface area contributed by atoms with Crippen molar-refractivity contribution >= 4 is 17.7 Å². The van der Waals surface area contributed by atoms with Crippen LogP contribution < -0.4 is 16.4 Å². The van der Waals surface area contributed by atoms with E-state index in [9.17, 15) is 14.4 Å². The van der Waals surface area contributed by atoms with Gasteiger partial charge in [0.1, 0.15) is 6.04 Å². The third-order valence-electron chi connectivity index (χ3n) is 6.03. The SMILES string of the molecule is NCCC1CC(NCc2cccc3c2C(=O)N(C2CCC(=O)NC2=O)C3)C1. The highest BCUT2D eigenvalue weighted by Crippen LogP contribution is 2.32. The molecule has 1 unspecified atom stereocenters. The normalized spacial score (nSPS) is 27.4. The van der Waals surface area contributed by atoms with Gasteiger partial charge in [0.2, 0.25) is 11.8 Å². The van der Waals surface area contributed by atoms with E-state index >= 15 is 0 Å². The van der Waals surface area contributed by atoms with Crippen LogP contribution in [-0.2, 0) is 22.7 Å². The van der Waals surface area contributed by atoms with E-state index in [1.165, 1.54) is 0 Å².